The summed E-state index contributed by atoms with van der Waals surface area (Å²) >= 11 is 5.95. The van der Waals surface area contributed by atoms with Gasteiger partial charge in [-0.2, -0.15) is 0 Å². The second kappa shape index (κ2) is 5.78. The van der Waals surface area contributed by atoms with Crippen LogP contribution >= 0.6 is 11.6 Å². The molecule has 1 aliphatic carbocycles. The zero-order chi connectivity index (χ0) is 14.1. The van der Waals surface area contributed by atoms with E-state index in [0.29, 0.717) is 16.8 Å². The van der Waals surface area contributed by atoms with Gasteiger partial charge in [0.25, 0.3) is 5.91 Å². The van der Waals surface area contributed by atoms with Crippen molar-refractivity contribution in [1.29, 1.82) is 0 Å². The summed E-state index contributed by atoms with van der Waals surface area (Å²) in [5.41, 5.74) is 0.680. The van der Waals surface area contributed by atoms with Crippen molar-refractivity contribution in [2.45, 2.75) is 31.7 Å². The standard InChI is InChI=1S/C15H22ClN3O/c1-18-10-12(16)8-14(18)15(20)19-6-4-13(5-7-19)17-9-11-2-3-11/h8,10-11,13,17H,2-7,9H2,1H3. The highest BCUT2D eigenvalue weighted by molar-refractivity contribution is 6.31. The normalized spacial score (nSPS) is 20.4. The van der Waals surface area contributed by atoms with Crippen LogP contribution in [0.1, 0.15) is 36.2 Å². The first-order chi connectivity index (χ1) is 9.63. The molecule has 0 radical (unpaired) electrons. The topological polar surface area (TPSA) is 37.3 Å². The van der Waals surface area contributed by atoms with E-state index in [2.05, 4.69) is 5.32 Å². The third-order valence-corrected chi connectivity index (χ3v) is 4.57. The number of nitrogens with one attached hydrogen (secondary N) is 1. The second-order valence-corrected chi connectivity index (χ2v) is 6.51. The Bertz CT molecular complexity index is 487. The Morgan fingerprint density at radius 3 is 2.60 bits per heavy atom. The maximum atomic E-state index is 12.4. The molecule has 5 heteroatoms. The largest absolute Gasteiger partial charge is 0.345 e. The quantitative estimate of drug-likeness (QED) is 0.925. The molecule has 3 rings (SSSR count). The molecule has 0 aromatic carbocycles. The summed E-state index contributed by atoms with van der Waals surface area (Å²) in [5.74, 6) is 1.01. The molecular weight excluding hydrogens is 274 g/mol. The number of hydrogen-bond donors (Lipinski definition) is 1. The molecule has 0 unspecified atom stereocenters. The summed E-state index contributed by atoms with van der Waals surface area (Å²) in [7, 11) is 1.86. The Kier molecular flexibility index (Phi) is 4.03. The van der Waals surface area contributed by atoms with E-state index >= 15 is 0 Å². The van der Waals surface area contributed by atoms with Gasteiger partial charge in [0, 0.05) is 32.4 Å². The molecule has 1 saturated heterocycles. The summed E-state index contributed by atoms with van der Waals surface area (Å²) in [6, 6.07) is 2.33. The van der Waals surface area contributed by atoms with Gasteiger partial charge < -0.3 is 14.8 Å². The number of rotatable bonds is 4. The van der Waals surface area contributed by atoms with E-state index in [0.717, 1.165) is 38.4 Å². The lowest BCUT2D eigenvalue weighted by atomic mass is 10.0. The highest BCUT2D eigenvalue weighted by Crippen LogP contribution is 2.28. The minimum atomic E-state index is 0.0973. The molecule has 0 spiro atoms. The molecule has 1 aromatic rings. The molecule has 20 heavy (non-hydrogen) atoms. The third-order valence-electron chi connectivity index (χ3n) is 4.36. The van der Waals surface area contributed by atoms with Crippen molar-refractivity contribution < 1.29 is 4.79 Å². The summed E-state index contributed by atoms with van der Waals surface area (Å²) in [4.78, 5) is 14.4. The van der Waals surface area contributed by atoms with Gasteiger partial charge in [0.15, 0.2) is 0 Å². The molecule has 2 aliphatic rings. The Hall–Kier alpha value is -1.00. The molecule has 1 aliphatic heterocycles. The number of aryl methyl sites for hydroxylation is 1. The highest BCUT2D eigenvalue weighted by Gasteiger charge is 2.27. The lowest BCUT2D eigenvalue weighted by Gasteiger charge is -2.32. The Balaban J connectivity index is 1.51. The molecule has 2 heterocycles. The molecule has 110 valence electrons. The SMILES string of the molecule is Cn1cc(Cl)cc1C(=O)N1CCC(NCC2CC2)CC1. The number of aromatic nitrogens is 1. The Morgan fingerprint density at radius 1 is 1.35 bits per heavy atom. The van der Waals surface area contributed by atoms with E-state index in [1.165, 1.54) is 12.8 Å². The molecule has 0 bridgehead atoms. The van der Waals surface area contributed by atoms with Crippen LogP contribution in [0.4, 0.5) is 0 Å². The van der Waals surface area contributed by atoms with Gasteiger partial charge in [-0.15, -0.1) is 0 Å². The van der Waals surface area contributed by atoms with Crippen molar-refractivity contribution in [2.24, 2.45) is 13.0 Å². The maximum absolute atomic E-state index is 12.4. The molecule has 1 saturated carbocycles. The van der Waals surface area contributed by atoms with Crippen molar-refractivity contribution >= 4 is 17.5 Å². The fourth-order valence-corrected chi connectivity index (χ4v) is 3.09. The van der Waals surface area contributed by atoms with Crippen LogP contribution in [0, 0.1) is 5.92 Å². The van der Waals surface area contributed by atoms with Crippen molar-refractivity contribution in [3.8, 4) is 0 Å². The van der Waals surface area contributed by atoms with Gasteiger partial charge in [-0.3, -0.25) is 4.79 Å². The predicted molar refractivity (Wildman–Crippen MR) is 80.1 cm³/mol. The van der Waals surface area contributed by atoms with E-state index in [1.54, 1.807) is 12.3 Å². The van der Waals surface area contributed by atoms with Gasteiger partial charge in [-0.05, 0) is 44.2 Å². The molecule has 1 amide bonds. The second-order valence-electron chi connectivity index (χ2n) is 6.07. The summed E-state index contributed by atoms with van der Waals surface area (Å²) in [6.07, 6.45) is 6.66. The smallest absolute Gasteiger partial charge is 0.270 e. The minimum absolute atomic E-state index is 0.0973. The number of likely N-dealkylation sites (tertiary alicyclic amines) is 1. The minimum Gasteiger partial charge on any atom is -0.345 e. The number of carbonyl (C=O) groups is 1. The van der Waals surface area contributed by atoms with Crippen LogP contribution in [-0.2, 0) is 7.05 Å². The van der Waals surface area contributed by atoms with Crippen LogP contribution in [-0.4, -0.2) is 41.1 Å². The van der Waals surface area contributed by atoms with Crippen molar-refractivity contribution in [2.75, 3.05) is 19.6 Å². The van der Waals surface area contributed by atoms with Crippen molar-refractivity contribution in [3.63, 3.8) is 0 Å². The molecule has 2 fully saturated rings. The van der Waals surface area contributed by atoms with Crippen molar-refractivity contribution in [1.82, 2.24) is 14.8 Å². The lowest BCUT2D eigenvalue weighted by Crippen LogP contribution is -2.45. The maximum Gasteiger partial charge on any atom is 0.270 e. The van der Waals surface area contributed by atoms with Crippen LogP contribution in [0.2, 0.25) is 5.02 Å². The molecule has 0 atom stereocenters. The molecule has 1 N–H and O–H groups in total. The zero-order valence-electron chi connectivity index (χ0n) is 11.9. The number of halogens is 1. The summed E-state index contributed by atoms with van der Waals surface area (Å²) in [6.45, 7) is 2.83. The van der Waals surface area contributed by atoms with Gasteiger partial charge >= 0.3 is 0 Å². The average Bonchev–Trinajstić information content (AvgIpc) is 3.21. The van der Waals surface area contributed by atoms with E-state index in [9.17, 15) is 4.79 Å². The van der Waals surface area contributed by atoms with E-state index in [4.69, 9.17) is 11.6 Å². The van der Waals surface area contributed by atoms with Gasteiger partial charge in [0.2, 0.25) is 0 Å². The van der Waals surface area contributed by atoms with Gasteiger partial charge in [-0.25, -0.2) is 0 Å². The number of hydrogen-bond acceptors (Lipinski definition) is 2. The number of amides is 1. The van der Waals surface area contributed by atoms with E-state index < -0.39 is 0 Å². The fraction of sp³-hybridized carbons (Fsp3) is 0.667. The highest BCUT2D eigenvalue weighted by atomic mass is 35.5. The van der Waals surface area contributed by atoms with Crippen molar-refractivity contribution in [3.05, 3.63) is 23.0 Å². The summed E-state index contributed by atoms with van der Waals surface area (Å²) < 4.78 is 1.81. The number of nitrogens with zero attached hydrogens (tertiary/aromatic N) is 2. The zero-order valence-corrected chi connectivity index (χ0v) is 12.7. The first kappa shape index (κ1) is 14.0. The third kappa shape index (κ3) is 3.18. The van der Waals surface area contributed by atoms with Crippen LogP contribution in [0.5, 0.6) is 0 Å². The van der Waals surface area contributed by atoms with Crippen LogP contribution < -0.4 is 5.32 Å². The fourth-order valence-electron chi connectivity index (χ4n) is 2.84. The Morgan fingerprint density at radius 2 is 2.05 bits per heavy atom. The number of carbonyl (C=O) groups excluding carboxylic acids is 1. The Labute approximate surface area is 125 Å². The van der Waals surface area contributed by atoms with Crippen LogP contribution in [0.3, 0.4) is 0 Å². The molecular formula is C15H22ClN3O. The summed E-state index contributed by atoms with van der Waals surface area (Å²) in [5, 5.41) is 4.26. The predicted octanol–water partition coefficient (Wildman–Crippen LogP) is 2.28. The van der Waals surface area contributed by atoms with Crippen LogP contribution in [0.25, 0.3) is 0 Å². The molecule has 4 nitrogen and oxygen atoms in total. The van der Waals surface area contributed by atoms with E-state index in [-0.39, 0.29) is 5.91 Å². The first-order valence-corrected chi connectivity index (χ1v) is 7.86. The average molecular weight is 296 g/mol. The molecule has 1 aromatic heterocycles. The van der Waals surface area contributed by atoms with Crippen LogP contribution in [0.15, 0.2) is 12.3 Å². The van der Waals surface area contributed by atoms with Gasteiger partial charge in [0.05, 0.1) is 5.02 Å². The van der Waals surface area contributed by atoms with Gasteiger partial charge in [-0.1, -0.05) is 11.6 Å². The van der Waals surface area contributed by atoms with Gasteiger partial charge in [0.1, 0.15) is 5.69 Å². The first-order valence-electron chi connectivity index (χ1n) is 7.48. The monoisotopic (exact) mass is 295 g/mol. The number of piperidine rings is 1. The van der Waals surface area contributed by atoms with E-state index in [1.807, 2.05) is 16.5 Å². The lowest BCUT2D eigenvalue weighted by molar-refractivity contribution is 0.0695.